The number of allylic oxidation sites excluding steroid dienone is 2. The summed E-state index contributed by atoms with van der Waals surface area (Å²) < 4.78 is 0. The summed E-state index contributed by atoms with van der Waals surface area (Å²) in [5, 5.41) is 1.29. The van der Waals surface area contributed by atoms with Crippen LogP contribution >= 0.6 is 22.7 Å². The molecule has 0 aliphatic carbocycles. The first-order valence-electron chi connectivity index (χ1n) is 12.1. The van der Waals surface area contributed by atoms with Gasteiger partial charge in [0.15, 0.2) is 21.6 Å². The van der Waals surface area contributed by atoms with E-state index in [1.165, 1.54) is 22.7 Å². The number of carbonyl (C=O) groups is 2. The van der Waals surface area contributed by atoms with Crippen molar-refractivity contribution >= 4 is 57.8 Å². The van der Waals surface area contributed by atoms with Gasteiger partial charge in [-0.05, 0) is 61.4 Å². The highest BCUT2D eigenvalue weighted by molar-refractivity contribution is 7.23. The van der Waals surface area contributed by atoms with Crippen molar-refractivity contribution in [2.45, 2.75) is 13.8 Å². The first-order chi connectivity index (χ1) is 18.1. The van der Waals surface area contributed by atoms with Gasteiger partial charge in [0.1, 0.15) is 0 Å². The number of hydrogen-bond acceptors (Lipinski definition) is 8. The maximum absolute atomic E-state index is 12.9. The van der Waals surface area contributed by atoms with Crippen LogP contribution in [0.2, 0.25) is 0 Å². The Bertz CT molecular complexity index is 1390. The third-order valence-corrected chi connectivity index (χ3v) is 8.38. The summed E-state index contributed by atoms with van der Waals surface area (Å²) in [6, 6.07) is 16.0. The molecular formula is C30H30N4O2S2. The molecule has 0 radical (unpaired) electrons. The van der Waals surface area contributed by atoms with Gasteiger partial charge in [0.2, 0.25) is 0 Å². The van der Waals surface area contributed by atoms with Gasteiger partial charge in [-0.15, -0.1) is 22.7 Å². The van der Waals surface area contributed by atoms with Crippen LogP contribution < -0.4 is 9.80 Å². The molecule has 0 aliphatic heterocycles. The van der Waals surface area contributed by atoms with Gasteiger partial charge in [0, 0.05) is 39.6 Å². The summed E-state index contributed by atoms with van der Waals surface area (Å²) in [7, 11) is 7.96. The molecule has 2 heterocycles. The van der Waals surface area contributed by atoms with Crippen LogP contribution in [0.1, 0.15) is 41.9 Å². The number of nitrogens with zero attached hydrogens (tertiary/aromatic N) is 4. The van der Waals surface area contributed by atoms with Gasteiger partial charge in [-0.1, -0.05) is 36.4 Å². The monoisotopic (exact) mass is 542 g/mol. The second-order valence-corrected chi connectivity index (χ2v) is 11.2. The highest BCUT2D eigenvalue weighted by atomic mass is 32.1. The van der Waals surface area contributed by atoms with E-state index in [0.717, 1.165) is 22.5 Å². The standard InChI is InChI=1S/C30H30N4O2S2/c1-19-27(25(35)17-11-21-7-13-23(14-8-21)33(3)4)37-29(31-19)30-32-20(2)28(38-30)26(36)18-12-22-9-15-24(16-10-22)34(5)6/h7-18H,1-6H3/b17-11-,18-12+. The van der Waals surface area contributed by atoms with Crippen LogP contribution in [0, 0.1) is 13.8 Å². The molecule has 2 aromatic heterocycles. The van der Waals surface area contributed by atoms with Crippen LogP contribution in [0.25, 0.3) is 22.2 Å². The van der Waals surface area contributed by atoms with Crippen molar-refractivity contribution in [1.82, 2.24) is 9.97 Å². The Labute approximate surface area is 231 Å². The molecule has 0 saturated carbocycles. The Hall–Kier alpha value is -3.88. The van der Waals surface area contributed by atoms with E-state index in [2.05, 4.69) is 9.97 Å². The van der Waals surface area contributed by atoms with Crippen molar-refractivity contribution in [2.75, 3.05) is 38.0 Å². The van der Waals surface area contributed by atoms with Gasteiger partial charge in [0.05, 0.1) is 21.1 Å². The van der Waals surface area contributed by atoms with E-state index in [1.54, 1.807) is 12.2 Å². The molecule has 6 nitrogen and oxygen atoms in total. The van der Waals surface area contributed by atoms with Crippen molar-refractivity contribution in [3.05, 3.63) is 93.0 Å². The lowest BCUT2D eigenvalue weighted by atomic mass is 10.1. The molecule has 8 heteroatoms. The zero-order valence-corrected chi connectivity index (χ0v) is 24.0. The molecule has 38 heavy (non-hydrogen) atoms. The molecule has 0 unspecified atom stereocenters. The third kappa shape index (κ3) is 6.33. The summed E-state index contributed by atoms with van der Waals surface area (Å²) in [5.74, 6) is -0.202. The number of thiazole rings is 2. The van der Waals surface area contributed by atoms with Crippen LogP contribution in [-0.2, 0) is 0 Å². The lowest BCUT2D eigenvalue weighted by molar-refractivity contribution is 0.104. The fraction of sp³-hybridized carbons (Fsp3) is 0.200. The Balaban J connectivity index is 1.48. The molecule has 0 N–H and O–H groups in total. The average molecular weight is 543 g/mol. The molecular weight excluding hydrogens is 512 g/mol. The van der Waals surface area contributed by atoms with Crippen LogP contribution in [0.4, 0.5) is 11.4 Å². The van der Waals surface area contributed by atoms with Gasteiger partial charge in [0.25, 0.3) is 0 Å². The Morgan fingerprint density at radius 2 is 0.974 bits per heavy atom. The number of benzene rings is 2. The summed E-state index contributed by atoms with van der Waals surface area (Å²) in [4.78, 5) is 40.2. The number of hydrogen-bond donors (Lipinski definition) is 0. The van der Waals surface area contributed by atoms with E-state index in [0.29, 0.717) is 31.2 Å². The molecule has 2 aromatic carbocycles. The van der Waals surface area contributed by atoms with E-state index in [4.69, 9.17) is 0 Å². The molecule has 0 atom stereocenters. The Morgan fingerprint density at radius 1 is 0.632 bits per heavy atom. The Kier molecular flexibility index (Phi) is 8.34. The second-order valence-electron chi connectivity index (χ2n) is 9.23. The van der Waals surface area contributed by atoms with Crippen molar-refractivity contribution in [2.24, 2.45) is 0 Å². The van der Waals surface area contributed by atoms with E-state index in [-0.39, 0.29) is 11.6 Å². The average Bonchev–Trinajstić information content (AvgIpc) is 3.48. The van der Waals surface area contributed by atoms with E-state index in [1.807, 2.05) is 113 Å². The minimum absolute atomic E-state index is 0.101. The SMILES string of the molecule is Cc1nc(-c2nc(C)c(C(=O)/C=C/c3ccc(N(C)C)cc3)s2)sc1C(=O)/C=C\c1ccc(N(C)C)cc1. The summed E-state index contributed by atoms with van der Waals surface area (Å²) >= 11 is 2.61. The van der Waals surface area contributed by atoms with Crippen LogP contribution in [-0.4, -0.2) is 49.7 Å². The van der Waals surface area contributed by atoms with Gasteiger partial charge in [-0.3, -0.25) is 9.59 Å². The lowest BCUT2D eigenvalue weighted by Gasteiger charge is -2.11. The first kappa shape index (κ1) is 27.2. The minimum Gasteiger partial charge on any atom is -0.378 e. The number of anilines is 2. The van der Waals surface area contributed by atoms with Crippen LogP contribution in [0.15, 0.2) is 60.7 Å². The van der Waals surface area contributed by atoms with Crippen LogP contribution in [0.5, 0.6) is 0 Å². The quantitative estimate of drug-likeness (QED) is 0.171. The van der Waals surface area contributed by atoms with Crippen molar-refractivity contribution in [1.29, 1.82) is 0 Å². The fourth-order valence-corrected chi connectivity index (χ4v) is 5.69. The summed E-state index contributed by atoms with van der Waals surface area (Å²) in [6.45, 7) is 3.65. The van der Waals surface area contributed by atoms with Gasteiger partial charge in [-0.25, -0.2) is 9.97 Å². The predicted molar refractivity (Wildman–Crippen MR) is 161 cm³/mol. The van der Waals surface area contributed by atoms with E-state index >= 15 is 0 Å². The maximum atomic E-state index is 12.9. The third-order valence-electron chi connectivity index (χ3n) is 5.90. The first-order valence-corrected chi connectivity index (χ1v) is 13.7. The van der Waals surface area contributed by atoms with E-state index in [9.17, 15) is 9.59 Å². The predicted octanol–water partition coefficient (Wildman–Crippen LogP) is 6.81. The summed E-state index contributed by atoms with van der Waals surface area (Å²) in [6.07, 6.45) is 6.77. The van der Waals surface area contributed by atoms with Gasteiger partial charge >= 0.3 is 0 Å². The van der Waals surface area contributed by atoms with Gasteiger partial charge < -0.3 is 9.80 Å². The maximum Gasteiger partial charge on any atom is 0.197 e. The molecule has 4 rings (SSSR count). The molecule has 0 aliphatic rings. The fourth-order valence-electron chi connectivity index (χ4n) is 3.70. The number of ketones is 2. The minimum atomic E-state index is -0.101. The highest BCUT2D eigenvalue weighted by Gasteiger charge is 2.20. The molecule has 194 valence electrons. The molecule has 0 spiro atoms. The number of carbonyl (C=O) groups excluding carboxylic acids is 2. The number of aromatic nitrogens is 2. The van der Waals surface area contributed by atoms with E-state index < -0.39 is 0 Å². The number of aryl methyl sites for hydroxylation is 2. The highest BCUT2D eigenvalue weighted by Crippen LogP contribution is 2.33. The number of rotatable bonds is 9. The topological polar surface area (TPSA) is 66.4 Å². The second kappa shape index (κ2) is 11.7. The molecule has 4 aromatic rings. The normalized spacial score (nSPS) is 11.4. The lowest BCUT2D eigenvalue weighted by Crippen LogP contribution is -2.07. The van der Waals surface area contributed by atoms with Crippen LogP contribution in [0.3, 0.4) is 0 Å². The van der Waals surface area contributed by atoms with Gasteiger partial charge in [-0.2, -0.15) is 0 Å². The smallest absolute Gasteiger partial charge is 0.197 e. The molecule has 0 amide bonds. The van der Waals surface area contributed by atoms with Crippen molar-refractivity contribution in [3.8, 4) is 10.0 Å². The largest absolute Gasteiger partial charge is 0.378 e. The zero-order chi connectivity index (χ0) is 27.4. The zero-order valence-electron chi connectivity index (χ0n) is 22.4. The van der Waals surface area contributed by atoms with Crippen molar-refractivity contribution in [3.63, 3.8) is 0 Å². The Morgan fingerprint density at radius 3 is 1.29 bits per heavy atom. The van der Waals surface area contributed by atoms with Crippen molar-refractivity contribution < 1.29 is 9.59 Å². The summed E-state index contributed by atoms with van der Waals surface area (Å²) in [5.41, 5.74) is 5.41. The molecule has 0 saturated heterocycles. The molecule has 0 bridgehead atoms. The molecule has 0 fully saturated rings.